The van der Waals surface area contributed by atoms with Crippen molar-refractivity contribution >= 4 is 17.7 Å². The number of carbonyl (C=O) groups is 1. The Morgan fingerprint density at radius 2 is 2.26 bits per heavy atom. The number of carbonyl (C=O) groups excluding carboxylic acids is 1. The number of thioether (sulfide) groups is 1. The Kier molecular flexibility index (Phi) is 6.33. The van der Waals surface area contributed by atoms with E-state index in [4.69, 9.17) is 14.7 Å². The average molecular weight is 385 g/mol. The summed E-state index contributed by atoms with van der Waals surface area (Å²) in [5.74, 6) is 2.01. The molecule has 140 valence electrons. The number of amides is 1. The number of allylic oxidation sites excluding steroid dienone is 1. The number of nitrogens with one attached hydrogen (secondary N) is 1. The fourth-order valence-corrected chi connectivity index (χ4v) is 3.32. The topological polar surface area (TPSA) is 102 Å². The molecule has 0 fully saturated rings. The summed E-state index contributed by atoms with van der Waals surface area (Å²) < 4.78 is 13.6. The van der Waals surface area contributed by atoms with Crippen molar-refractivity contribution in [2.75, 3.05) is 18.9 Å². The zero-order valence-corrected chi connectivity index (χ0v) is 15.4. The molecule has 0 saturated heterocycles. The molecule has 8 nitrogen and oxygen atoms in total. The fourth-order valence-electron chi connectivity index (χ4n) is 2.53. The van der Waals surface area contributed by atoms with E-state index in [1.54, 1.807) is 6.08 Å². The summed E-state index contributed by atoms with van der Waals surface area (Å²) in [5, 5.41) is 20.2. The molecule has 1 aromatic carbocycles. The van der Waals surface area contributed by atoms with Crippen LogP contribution in [0.2, 0.25) is 0 Å². The van der Waals surface area contributed by atoms with E-state index in [2.05, 4.69) is 22.1 Å². The van der Waals surface area contributed by atoms with Gasteiger partial charge in [-0.3, -0.25) is 9.36 Å². The standard InChI is InChI=1S/C18H19N5O3S/c1-2-10-23-17(15-11-25-13-6-3-4-7-14(13)26-15)21-22-18(23)27-12-16(24)20-9-5-8-19/h2-4,6-7,15H,1,5,9-12H2,(H,20,24)/t15-/m1/s1. The number of fused-ring (bicyclic) bond motifs is 1. The van der Waals surface area contributed by atoms with Crippen molar-refractivity contribution in [2.45, 2.75) is 24.2 Å². The molecular weight excluding hydrogens is 366 g/mol. The van der Waals surface area contributed by atoms with Gasteiger partial charge >= 0.3 is 0 Å². The Bertz CT molecular complexity index is 861. The summed E-state index contributed by atoms with van der Waals surface area (Å²) in [5.41, 5.74) is 0. The second kappa shape index (κ2) is 9.09. The summed E-state index contributed by atoms with van der Waals surface area (Å²) in [4.78, 5) is 11.8. The van der Waals surface area contributed by atoms with Crippen LogP contribution < -0.4 is 14.8 Å². The molecular formula is C18H19N5O3S. The number of benzene rings is 1. The molecule has 2 aromatic rings. The van der Waals surface area contributed by atoms with Gasteiger partial charge in [-0.2, -0.15) is 5.26 Å². The first-order valence-electron chi connectivity index (χ1n) is 8.42. The predicted octanol–water partition coefficient (Wildman–Crippen LogP) is 2.10. The number of ether oxygens (including phenoxy) is 2. The molecule has 0 bridgehead atoms. The second-order valence-corrected chi connectivity index (χ2v) is 6.59. The molecule has 27 heavy (non-hydrogen) atoms. The van der Waals surface area contributed by atoms with Gasteiger partial charge in [-0.05, 0) is 12.1 Å². The van der Waals surface area contributed by atoms with Gasteiger partial charge in [0.15, 0.2) is 28.6 Å². The van der Waals surface area contributed by atoms with Crippen molar-refractivity contribution in [3.63, 3.8) is 0 Å². The second-order valence-electron chi connectivity index (χ2n) is 5.65. The fraction of sp³-hybridized carbons (Fsp3) is 0.333. The van der Waals surface area contributed by atoms with Gasteiger partial charge in [0.1, 0.15) is 6.61 Å². The van der Waals surface area contributed by atoms with E-state index < -0.39 is 6.10 Å². The Morgan fingerprint density at radius 3 is 3.04 bits per heavy atom. The van der Waals surface area contributed by atoms with E-state index in [1.807, 2.05) is 34.9 Å². The van der Waals surface area contributed by atoms with Crippen molar-refractivity contribution in [3.8, 4) is 17.6 Å². The molecule has 1 aliphatic rings. The first-order valence-corrected chi connectivity index (χ1v) is 9.40. The first-order chi connectivity index (χ1) is 13.2. The van der Waals surface area contributed by atoms with Crippen molar-refractivity contribution in [1.29, 1.82) is 5.26 Å². The van der Waals surface area contributed by atoms with E-state index in [0.29, 0.717) is 42.2 Å². The number of nitrogens with zero attached hydrogens (tertiary/aromatic N) is 4. The highest BCUT2D eigenvalue weighted by Crippen LogP contribution is 2.36. The molecule has 1 aromatic heterocycles. The minimum atomic E-state index is -0.397. The van der Waals surface area contributed by atoms with Crippen LogP contribution in [-0.2, 0) is 11.3 Å². The lowest BCUT2D eigenvalue weighted by Crippen LogP contribution is -2.26. The Labute approximate surface area is 161 Å². The largest absolute Gasteiger partial charge is 0.485 e. The number of para-hydroxylation sites is 2. The van der Waals surface area contributed by atoms with Crippen molar-refractivity contribution in [1.82, 2.24) is 20.1 Å². The lowest BCUT2D eigenvalue weighted by Gasteiger charge is -2.26. The van der Waals surface area contributed by atoms with Gasteiger partial charge in [0.2, 0.25) is 5.91 Å². The lowest BCUT2D eigenvalue weighted by atomic mass is 10.2. The number of hydrogen-bond acceptors (Lipinski definition) is 7. The zero-order chi connectivity index (χ0) is 19.1. The van der Waals surface area contributed by atoms with Gasteiger partial charge in [-0.15, -0.1) is 16.8 Å². The van der Waals surface area contributed by atoms with Crippen LogP contribution >= 0.6 is 11.8 Å². The van der Waals surface area contributed by atoms with E-state index in [-0.39, 0.29) is 18.1 Å². The smallest absolute Gasteiger partial charge is 0.230 e. The number of hydrogen-bond donors (Lipinski definition) is 1. The van der Waals surface area contributed by atoms with Gasteiger partial charge in [0.05, 0.1) is 18.2 Å². The van der Waals surface area contributed by atoms with Crippen molar-refractivity contribution < 1.29 is 14.3 Å². The third kappa shape index (κ3) is 4.60. The summed E-state index contributed by atoms with van der Waals surface area (Å²) >= 11 is 1.27. The molecule has 1 atom stereocenters. The molecule has 1 N–H and O–H groups in total. The SMILES string of the molecule is C=CCn1c(SCC(=O)NCCC#N)nnc1[C@H]1COc2ccccc2O1. The van der Waals surface area contributed by atoms with Gasteiger partial charge < -0.3 is 14.8 Å². The maximum atomic E-state index is 11.8. The summed E-state index contributed by atoms with van der Waals surface area (Å²) in [6, 6.07) is 9.45. The highest BCUT2D eigenvalue weighted by Gasteiger charge is 2.28. The molecule has 0 aliphatic carbocycles. The Morgan fingerprint density at radius 1 is 1.44 bits per heavy atom. The normalized spacial score (nSPS) is 15.0. The molecule has 2 heterocycles. The molecule has 1 amide bonds. The monoisotopic (exact) mass is 385 g/mol. The minimum absolute atomic E-state index is 0.156. The number of rotatable bonds is 8. The van der Waals surface area contributed by atoms with Crippen LogP contribution in [0.25, 0.3) is 0 Å². The van der Waals surface area contributed by atoms with Gasteiger partial charge in [0.25, 0.3) is 0 Å². The van der Waals surface area contributed by atoms with Crippen LogP contribution in [-0.4, -0.2) is 39.6 Å². The highest BCUT2D eigenvalue weighted by molar-refractivity contribution is 7.99. The Hall–Kier alpha value is -2.99. The molecule has 0 unspecified atom stereocenters. The van der Waals surface area contributed by atoms with Gasteiger partial charge in [0, 0.05) is 13.1 Å². The quantitative estimate of drug-likeness (QED) is 0.422. The minimum Gasteiger partial charge on any atom is -0.485 e. The van der Waals surface area contributed by atoms with E-state index in [1.165, 1.54) is 11.8 Å². The van der Waals surface area contributed by atoms with Gasteiger partial charge in [-0.1, -0.05) is 30.0 Å². The third-order valence-corrected chi connectivity index (χ3v) is 4.71. The summed E-state index contributed by atoms with van der Waals surface area (Å²) in [7, 11) is 0. The van der Waals surface area contributed by atoms with Crippen LogP contribution in [0.5, 0.6) is 11.5 Å². The zero-order valence-electron chi connectivity index (χ0n) is 14.6. The van der Waals surface area contributed by atoms with Crippen LogP contribution in [0.3, 0.4) is 0 Å². The number of nitriles is 1. The molecule has 0 spiro atoms. The van der Waals surface area contributed by atoms with Crippen LogP contribution in [0.4, 0.5) is 0 Å². The molecule has 0 saturated carbocycles. The number of aromatic nitrogens is 3. The summed E-state index contributed by atoms with van der Waals surface area (Å²) in [6.45, 7) is 4.93. The maximum absolute atomic E-state index is 11.8. The third-order valence-electron chi connectivity index (χ3n) is 3.75. The summed E-state index contributed by atoms with van der Waals surface area (Å²) in [6.07, 6.45) is 1.63. The van der Waals surface area contributed by atoms with Crippen LogP contribution in [0.1, 0.15) is 18.3 Å². The maximum Gasteiger partial charge on any atom is 0.230 e. The highest BCUT2D eigenvalue weighted by atomic mass is 32.2. The first kappa shape index (κ1) is 18.8. The van der Waals surface area contributed by atoms with Crippen molar-refractivity contribution in [3.05, 3.63) is 42.7 Å². The van der Waals surface area contributed by atoms with Crippen molar-refractivity contribution in [2.24, 2.45) is 0 Å². The van der Waals surface area contributed by atoms with E-state index in [9.17, 15) is 4.79 Å². The molecule has 9 heteroatoms. The van der Waals surface area contributed by atoms with Crippen LogP contribution in [0.15, 0.2) is 42.1 Å². The van der Waals surface area contributed by atoms with Crippen LogP contribution in [0, 0.1) is 11.3 Å². The average Bonchev–Trinajstić information content (AvgIpc) is 3.09. The molecule has 0 radical (unpaired) electrons. The van der Waals surface area contributed by atoms with Gasteiger partial charge in [-0.25, -0.2) is 0 Å². The van der Waals surface area contributed by atoms with E-state index in [0.717, 1.165) is 0 Å². The predicted molar refractivity (Wildman–Crippen MR) is 99.5 cm³/mol. The lowest BCUT2D eigenvalue weighted by molar-refractivity contribution is -0.118. The van der Waals surface area contributed by atoms with E-state index >= 15 is 0 Å². The molecule has 3 rings (SSSR count). The Balaban J connectivity index is 1.69. The molecule has 1 aliphatic heterocycles.